The van der Waals surface area contributed by atoms with Crippen LogP contribution in [0.4, 0.5) is 0 Å². The van der Waals surface area contributed by atoms with Gasteiger partial charge in [0.1, 0.15) is 16.7 Å². The SMILES string of the molecule is c1ccc(-n2c3ccccc3c3cc(-c4ccc5c(c4)c4c6oc7ccccc7c6ccc4n5-c4cccc5c4oc4ccccc45)ccc32)cc1. The van der Waals surface area contributed by atoms with Gasteiger partial charge in [-0.25, -0.2) is 0 Å². The first kappa shape index (κ1) is 27.7. The van der Waals surface area contributed by atoms with Crippen LogP contribution in [0.1, 0.15) is 0 Å². The van der Waals surface area contributed by atoms with Crippen molar-refractivity contribution in [3.8, 4) is 22.5 Å². The first-order valence-corrected chi connectivity index (χ1v) is 17.7. The molecule has 0 spiro atoms. The van der Waals surface area contributed by atoms with E-state index in [1.807, 2.05) is 18.2 Å². The highest BCUT2D eigenvalue weighted by Crippen LogP contribution is 2.44. The van der Waals surface area contributed by atoms with Crippen LogP contribution in [-0.4, -0.2) is 9.13 Å². The van der Waals surface area contributed by atoms with Crippen molar-refractivity contribution in [1.29, 1.82) is 0 Å². The van der Waals surface area contributed by atoms with Gasteiger partial charge in [0.2, 0.25) is 0 Å². The fraction of sp³-hybridized carbons (Fsp3) is 0. The van der Waals surface area contributed by atoms with Crippen LogP contribution in [0.15, 0.2) is 179 Å². The number of para-hydroxylation sites is 5. The van der Waals surface area contributed by atoms with E-state index in [0.29, 0.717) is 0 Å². The summed E-state index contributed by atoms with van der Waals surface area (Å²) in [5, 5.41) is 9.16. The predicted octanol–water partition coefficient (Wildman–Crippen LogP) is 13.3. The minimum atomic E-state index is 0.872. The lowest BCUT2D eigenvalue weighted by Gasteiger charge is -2.10. The van der Waals surface area contributed by atoms with Crippen molar-refractivity contribution in [2.45, 2.75) is 0 Å². The van der Waals surface area contributed by atoms with E-state index in [9.17, 15) is 0 Å². The molecule has 52 heavy (non-hydrogen) atoms. The van der Waals surface area contributed by atoms with Crippen molar-refractivity contribution in [3.63, 3.8) is 0 Å². The van der Waals surface area contributed by atoms with Gasteiger partial charge in [-0.2, -0.15) is 0 Å². The molecule has 0 unspecified atom stereocenters. The van der Waals surface area contributed by atoms with Gasteiger partial charge in [-0.15, -0.1) is 0 Å². The van der Waals surface area contributed by atoms with E-state index in [2.05, 4.69) is 161 Å². The summed E-state index contributed by atoms with van der Waals surface area (Å²) in [4.78, 5) is 0. The van der Waals surface area contributed by atoms with Crippen LogP contribution in [0.25, 0.3) is 110 Å². The third-order valence-corrected chi connectivity index (χ3v) is 10.9. The maximum Gasteiger partial charge on any atom is 0.159 e. The van der Waals surface area contributed by atoms with Gasteiger partial charge in [-0.05, 0) is 83.9 Å². The van der Waals surface area contributed by atoms with Crippen molar-refractivity contribution >= 4 is 87.5 Å². The Morgan fingerprint density at radius 2 is 0.885 bits per heavy atom. The Hall–Kier alpha value is -7.04. The van der Waals surface area contributed by atoms with Crippen molar-refractivity contribution in [2.24, 2.45) is 0 Å². The molecule has 0 N–H and O–H groups in total. The molecule has 0 aliphatic heterocycles. The second-order valence-electron chi connectivity index (χ2n) is 13.7. The van der Waals surface area contributed by atoms with E-state index in [4.69, 9.17) is 8.83 Å². The number of rotatable bonds is 3. The second-order valence-corrected chi connectivity index (χ2v) is 13.7. The molecule has 4 heterocycles. The molecule has 0 radical (unpaired) electrons. The smallest absolute Gasteiger partial charge is 0.159 e. The molecule has 0 aliphatic rings. The molecule has 0 bridgehead atoms. The van der Waals surface area contributed by atoms with Crippen LogP contribution < -0.4 is 0 Å². The molecule has 0 fully saturated rings. The second kappa shape index (κ2) is 10.3. The molecular weight excluding hydrogens is 637 g/mol. The zero-order chi connectivity index (χ0) is 33.9. The third kappa shape index (κ3) is 3.70. The van der Waals surface area contributed by atoms with Gasteiger partial charge in [0, 0.05) is 43.4 Å². The number of furan rings is 2. The van der Waals surface area contributed by atoms with E-state index in [1.165, 1.54) is 27.4 Å². The number of fused-ring (bicyclic) bond motifs is 13. The lowest BCUT2D eigenvalue weighted by Crippen LogP contribution is -1.94. The minimum absolute atomic E-state index is 0.872. The Morgan fingerprint density at radius 1 is 0.327 bits per heavy atom. The van der Waals surface area contributed by atoms with Gasteiger partial charge in [-0.1, -0.05) is 97.1 Å². The molecule has 12 aromatic rings. The zero-order valence-electron chi connectivity index (χ0n) is 27.9. The number of nitrogens with zero attached hydrogens (tertiary/aromatic N) is 2. The molecule has 0 aliphatic carbocycles. The standard InChI is InChI=1S/C48H28N2O2/c1-2-11-31(12-3-1)49-39-17-7-4-13-32(39)37-27-29(21-24-40(37)49)30-22-25-41-38(28-30)46-42(26-23-36-34-15-6-9-20-45(34)52-48(36)46)50(41)43-18-10-16-35-33-14-5-8-19-44(33)51-47(35)43/h1-28H. The molecule has 4 aromatic heterocycles. The lowest BCUT2D eigenvalue weighted by molar-refractivity contribution is 0.666. The molecule has 242 valence electrons. The monoisotopic (exact) mass is 664 g/mol. The predicted molar refractivity (Wildman–Crippen MR) is 215 cm³/mol. The quantitative estimate of drug-likeness (QED) is 0.188. The summed E-state index contributed by atoms with van der Waals surface area (Å²) in [5.74, 6) is 0. The van der Waals surface area contributed by atoms with Crippen LogP contribution in [0.2, 0.25) is 0 Å². The van der Waals surface area contributed by atoms with E-state index < -0.39 is 0 Å². The Balaban J connectivity index is 1.16. The van der Waals surface area contributed by atoms with Crippen LogP contribution in [-0.2, 0) is 0 Å². The highest BCUT2D eigenvalue weighted by Gasteiger charge is 2.22. The third-order valence-electron chi connectivity index (χ3n) is 10.9. The first-order valence-electron chi connectivity index (χ1n) is 17.7. The van der Waals surface area contributed by atoms with Gasteiger partial charge in [0.25, 0.3) is 0 Å². The first-order chi connectivity index (χ1) is 25.8. The fourth-order valence-electron chi connectivity index (χ4n) is 8.64. The summed E-state index contributed by atoms with van der Waals surface area (Å²) >= 11 is 0. The van der Waals surface area contributed by atoms with Crippen LogP contribution >= 0.6 is 0 Å². The highest BCUT2D eigenvalue weighted by atomic mass is 16.3. The van der Waals surface area contributed by atoms with Gasteiger partial charge in [0.15, 0.2) is 5.58 Å². The topological polar surface area (TPSA) is 36.1 Å². The van der Waals surface area contributed by atoms with Crippen molar-refractivity contribution < 1.29 is 8.83 Å². The summed E-state index contributed by atoms with van der Waals surface area (Å²) in [6.45, 7) is 0. The maximum atomic E-state index is 6.72. The maximum absolute atomic E-state index is 6.72. The van der Waals surface area contributed by atoms with Crippen molar-refractivity contribution in [1.82, 2.24) is 9.13 Å². The average Bonchev–Trinajstić information content (AvgIpc) is 3.95. The van der Waals surface area contributed by atoms with E-state index >= 15 is 0 Å². The van der Waals surface area contributed by atoms with Crippen molar-refractivity contribution in [2.75, 3.05) is 0 Å². The molecule has 0 atom stereocenters. The molecular formula is C48H28N2O2. The number of hydrogen-bond acceptors (Lipinski definition) is 2. The van der Waals surface area contributed by atoms with E-state index in [-0.39, 0.29) is 0 Å². The number of benzene rings is 8. The number of hydrogen-bond donors (Lipinski definition) is 0. The summed E-state index contributed by atoms with van der Waals surface area (Å²) in [6, 6.07) is 60.5. The van der Waals surface area contributed by atoms with E-state index in [0.717, 1.165) is 82.6 Å². The van der Waals surface area contributed by atoms with E-state index in [1.54, 1.807) is 0 Å². The molecule has 0 amide bonds. The van der Waals surface area contributed by atoms with Crippen LogP contribution in [0.5, 0.6) is 0 Å². The van der Waals surface area contributed by atoms with Gasteiger partial charge >= 0.3 is 0 Å². The normalized spacial score (nSPS) is 12.2. The summed E-state index contributed by atoms with van der Waals surface area (Å²) in [6.07, 6.45) is 0. The van der Waals surface area contributed by atoms with Crippen LogP contribution in [0, 0.1) is 0 Å². The Bertz CT molecular complexity index is 3410. The van der Waals surface area contributed by atoms with Gasteiger partial charge < -0.3 is 18.0 Å². The number of aromatic nitrogens is 2. The van der Waals surface area contributed by atoms with Gasteiger partial charge in [-0.3, -0.25) is 0 Å². The average molecular weight is 665 g/mol. The van der Waals surface area contributed by atoms with Crippen LogP contribution in [0.3, 0.4) is 0 Å². The van der Waals surface area contributed by atoms with Crippen molar-refractivity contribution in [3.05, 3.63) is 170 Å². The lowest BCUT2D eigenvalue weighted by atomic mass is 10.00. The highest BCUT2D eigenvalue weighted by molar-refractivity contribution is 6.25. The molecule has 4 nitrogen and oxygen atoms in total. The molecule has 4 heteroatoms. The Labute approximate surface area is 296 Å². The Morgan fingerprint density at radius 3 is 1.65 bits per heavy atom. The summed E-state index contributed by atoms with van der Waals surface area (Å²) in [7, 11) is 0. The zero-order valence-corrected chi connectivity index (χ0v) is 27.9. The largest absolute Gasteiger partial charge is 0.455 e. The molecule has 12 rings (SSSR count). The summed E-state index contributed by atoms with van der Waals surface area (Å²) < 4.78 is 18.0. The summed E-state index contributed by atoms with van der Waals surface area (Å²) in [5.41, 5.74) is 12.6. The minimum Gasteiger partial charge on any atom is -0.455 e. The molecule has 0 saturated carbocycles. The Kier molecular flexibility index (Phi) is 5.47. The molecule has 8 aromatic carbocycles. The van der Waals surface area contributed by atoms with Gasteiger partial charge in [0.05, 0.1) is 33.1 Å². The fourth-order valence-corrected chi connectivity index (χ4v) is 8.64. The molecule has 0 saturated heterocycles.